The van der Waals surface area contributed by atoms with E-state index in [1.807, 2.05) is 0 Å². The number of hydrogen-bond donors (Lipinski definition) is 1. The quantitative estimate of drug-likeness (QED) is 0.926. The zero-order valence-corrected chi connectivity index (χ0v) is 11.0. The Morgan fingerprint density at radius 1 is 1.40 bits per heavy atom. The van der Waals surface area contributed by atoms with Gasteiger partial charge >= 0.3 is 5.97 Å². The van der Waals surface area contributed by atoms with Crippen LogP contribution in [0.2, 0.25) is 0 Å². The van der Waals surface area contributed by atoms with E-state index in [1.165, 1.54) is 11.0 Å². The number of benzene rings is 1. The molecule has 1 heterocycles. The van der Waals surface area contributed by atoms with Crippen molar-refractivity contribution < 1.29 is 23.5 Å². The van der Waals surface area contributed by atoms with E-state index in [2.05, 4.69) is 0 Å². The fourth-order valence-corrected chi connectivity index (χ4v) is 2.73. The molecule has 20 heavy (non-hydrogen) atoms. The molecular formula is C14H15F2NO3. The average Bonchev–Trinajstić information content (AvgIpc) is 2.38. The SMILES string of the molecule is CCN1C(=O)CCC(C(=O)O)C1c1c(F)cccc1F. The van der Waals surface area contributed by atoms with Crippen molar-refractivity contribution in [1.29, 1.82) is 0 Å². The Bertz CT molecular complexity index is 525. The number of piperidine rings is 1. The number of nitrogens with zero attached hydrogens (tertiary/aromatic N) is 1. The zero-order chi connectivity index (χ0) is 14.9. The van der Waals surface area contributed by atoms with E-state index in [4.69, 9.17) is 0 Å². The molecule has 0 aliphatic carbocycles. The monoisotopic (exact) mass is 283 g/mol. The van der Waals surface area contributed by atoms with Crippen LogP contribution in [-0.4, -0.2) is 28.4 Å². The van der Waals surface area contributed by atoms with Gasteiger partial charge in [0.2, 0.25) is 5.91 Å². The summed E-state index contributed by atoms with van der Waals surface area (Å²) >= 11 is 0. The molecule has 2 atom stereocenters. The molecule has 2 unspecified atom stereocenters. The zero-order valence-electron chi connectivity index (χ0n) is 11.0. The van der Waals surface area contributed by atoms with Crippen molar-refractivity contribution in [2.24, 2.45) is 5.92 Å². The fourth-order valence-electron chi connectivity index (χ4n) is 2.73. The Morgan fingerprint density at radius 3 is 2.50 bits per heavy atom. The highest BCUT2D eigenvalue weighted by Crippen LogP contribution is 2.38. The first-order valence-corrected chi connectivity index (χ1v) is 6.43. The number of likely N-dealkylation sites (tertiary alicyclic amines) is 1. The van der Waals surface area contributed by atoms with Crippen LogP contribution in [0.3, 0.4) is 0 Å². The molecule has 0 radical (unpaired) electrons. The second-order valence-corrected chi connectivity index (χ2v) is 4.74. The summed E-state index contributed by atoms with van der Waals surface area (Å²) in [6.07, 6.45) is 0.167. The van der Waals surface area contributed by atoms with Crippen LogP contribution >= 0.6 is 0 Å². The van der Waals surface area contributed by atoms with Gasteiger partial charge in [0.1, 0.15) is 11.6 Å². The maximum Gasteiger partial charge on any atom is 0.308 e. The van der Waals surface area contributed by atoms with Crippen LogP contribution in [0.1, 0.15) is 31.4 Å². The lowest BCUT2D eigenvalue weighted by Crippen LogP contribution is -2.45. The molecule has 0 saturated carbocycles. The van der Waals surface area contributed by atoms with E-state index in [-0.39, 0.29) is 30.9 Å². The largest absolute Gasteiger partial charge is 0.481 e. The highest BCUT2D eigenvalue weighted by atomic mass is 19.1. The number of hydrogen-bond acceptors (Lipinski definition) is 2. The first kappa shape index (κ1) is 14.4. The molecule has 1 aliphatic heterocycles. The number of rotatable bonds is 3. The maximum absolute atomic E-state index is 13.9. The fraction of sp³-hybridized carbons (Fsp3) is 0.429. The van der Waals surface area contributed by atoms with Gasteiger partial charge in [-0.1, -0.05) is 6.07 Å². The van der Waals surface area contributed by atoms with Gasteiger partial charge in [0.05, 0.1) is 12.0 Å². The standard InChI is InChI=1S/C14H15F2NO3/c1-2-17-11(18)7-6-8(14(19)20)13(17)12-9(15)4-3-5-10(12)16/h3-5,8,13H,2,6-7H2,1H3,(H,19,20). The van der Waals surface area contributed by atoms with E-state index < -0.39 is 29.6 Å². The lowest BCUT2D eigenvalue weighted by molar-refractivity contribution is -0.152. The minimum Gasteiger partial charge on any atom is -0.481 e. The summed E-state index contributed by atoms with van der Waals surface area (Å²) in [7, 11) is 0. The molecular weight excluding hydrogens is 268 g/mol. The highest BCUT2D eigenvalue weighted by Gasteiger charge is 2.42. The third-order valence-electron chi connectivity index (χ3n) is 3.66. The Balaban J connectivity index is 2.56. The number of halogens is 2. The molecule has 1 aromatic carbocycles. The minimum absolute atomic E-state index is 0.0807. The molecule has 1 amide bonds. The van der Waals surface area contributed by atoms with Crippen LogP contribution in [0.15, 0.2) is 18.2 Å². The van der Waals surface area contributed by atoms with E-state index in [9.17, 15) is 23.5 Å². The van der Waals surface area contributed by atoms with Crippen molar-refractivity contribution in [1.82, 2.24) is 4.90 Å². The molecule has 4 nitrogen and oxygen atoms in total. The molecule has 2 rings (SSSR count). The van der Waals surface area contributed by atoms with Gasteiger partial charge in [-0.05, 0) is 25.5 Å². The van der Waals surface area contributed by atoms with Gasteiger partial charge in [0.25, 0.3) is 0 Å². The minimum atomic E-state index is -1.15. The smallest absolute Gasteiger partial charge is 0.308 e. The molecule has 0 aromatic heterocycles. The van der Waals surface area contributed by atoms with Gasteiger partial charge in [-0.15, -0.1) is 0 Å². The average molecular weight is 283 g/mol. The van der Waals surface area contributed by atoms with Crippen LogP contribution in [0, 0.1) is 17.6 Å². The van der Waals surface area contributed by atoms with Gasteiger partial charge in [0, 0.05) is 18.5 Å². The summed E-state index contributed by atoms with van der Waals surface area (Å²) in [6.45, 7) is 1.87. The molecule has 1 fully saturated rings. The summed E-state index contributed by atoms with van der Waals surface area (Å²) in [5.74, 6) is -4.08. The lowest BCUT2D eigenvalue weighted by Gasteiger charge is -2.39. The molecule has 1 aromatic rings. The molecule has 1 saturated heterocycles. The number of carboxylic acid groups (broad SMARTS) is 1. The molecule has 6 heteroatoms. The number of carbonyl (C=O) groups is 2. The van der Waals surface area contributed by atoms with Gasteiger partial charge in [-0.25, -0.2) is 8.78 Å². The Morgan fingerprint density at radius 2 is 2.00 bits per heavy atom. The van der Waals surface area contributed by atoms with E-state index >= 15 is 0 Å². The Labute approximate surface area is 115 Å². The van der Waals surface area contributed by atoms with Crippen LogP contribution in [-0.2, 0) is 9.59 Å². The molecule has 1 N–H and O–H groups in total. The Kier molecular flexibility index (Phi) is 4.01. The van der Waals surface area contributed by atoms with Crippen molar-refractivity contribution in [3.05, 3.63) is 35.4 Å². The van der Waals surface area contributed by atoms with E-state index in [1.54, 1.807) is 6.92 Å². The van der Waals surface area contributed by atoms with Crippen LogP contribution in [0.4, 0.5) is 8.78 Å². The molecule has 0 bridgehead atoms. The maximum atomic E-state index is 13.9. The predicted molar refractivity (Wildman–Crippen MR) is 66.8 cm³/mol. The summed E-state index contributed by atoms with van der Waals surface area (Å²) in [5, 5.41) is 9.27. The summed E-state index contributed by atoms with van der Waals surface area (Å²) in [6, 6.07) is 2.26. The lowest BCUT2D eigenvalue weighted by atomic mass is 9.84. The number of carbonyl (C=O) groups excluding carboxylic acids is 1. The number of amides is 1. The van der Waals surface area contributed by atoms with Gasteiger partial charge < -0.3 is 10.0 Å². The van der Waals surface area contributed by atoms with E-state index in [0.29, 0.717) is 0 Å². The van der Waals surface area contributed by atoms with Crippen molar-refractivity contribution in [2.75, 3.05) is 6.54 Å². The van der Waals surface area contributed by atoms with Crippen LogP contribution in [0.25, 0.3) is 0 Å². The second-order valence-electron chi connectivity index (χ2n) is 4.74. The molecule has 108 valence electrons. The normalized spacial score (nSPS) is 22.9. The second kappa shape index (κ2) is 5.56. The summed E-state index contributed by atoms with van der Waals surface area (Å²) in [5.41, 5.74) is -0.338. The van der Waals surface area contributed by atoms with Crippen molar-refractivity contribution in [3.8, 4) is 0 Å². The van der Waals surface area contributed by atoms with Gasteiger partial charge in [-0.2, -0.15) is 0 Å². The summed E-state index contributed by atoms with van der Waals surface area (Å²) < 4.78 is 27.9. The van der Waals surface area contributed by atoms with E-state index in [0.717, 1.165) is 12.1 Å². The third kappa shape index (κ3) is 2.37. The number of carboxylic acids is 1. The van der Waals surface area contributed by atoms with Crippen molar-refractivity contribution in [3.63, 3.8) is 0 Å². The molecule has 1 aliphatic rings. The summed E-state index contributed by atoms with van der Waals surface area (Å²) in [4.78, 5) is 24.5. The molecule has 0 spiro atoms. The Hall–Kier alpha value is -1.98. The van der Waals surface area contributed by atoms with Crippen LogP contribution < -0.4 is 0 Å². The van der Waals surface area contributed by atoms with Crippen molar-refractivity contribution >= 4 is 11.9 Å². The third-order valence-corrected chi connectivity index (χ3v) is 3.66. The predicted octanol–water partition coefficient (Wildman–Crippen LogP) is 2.35. The number of aliphatic carboxylic acids is 1. The van der Waals surface area contributed by atoms with Crippen LogP contribution in [0.5, 0.6) is 0 Å². The topological polar surface area (TPSA) is 57.6 Å². The van der Waals surface area contributed by atoms with Crippen molar-refractivity contribution in [2.45, 2.75) is 25.8 Å². The first-order valence-electron chi connectivity index (χ1n) is 6.43. The van der Waals surface area contributed by atoms with Gasteiger partial charge in [0.15, 0.2) is 0 Å². The first-order chi connectivity index (χ1) is 9.47. The van der Waals surface area contributed by atoms with Gasteiger partial charge in [-0.3, -0.25) is 9.59 Å². The highest BCUT2D eigenvalue weighted by molar-refractivity contribution is 5.81.